The average molecular weight is 272 g/mol. The number of aliphatic hydroxyl groups is 1. The third kappa shape index (κ3) is 3.31. The van der Waals surface area contributed by atoms with E-state index in [4.69, 9.17) is 9.63 Å². The predicted molar refractivity (Wildman–Crippen MR) is 60.2 cm³/mol. The maximum atomic E-state index is 12.2. The van der Waals surface area contributed by atoms with E-state index in [0.717, 1.165) is 5.56 Å². The summed E-state index contributed by atoms with van der Waals surface area (Å²) < 4.78 is 41.2. The molecule has 0 radical (unpaired) electrons. The molecule has 0 saturated heterocycles. The Morgan fingerprint density at radius 1 is 1.37 bits per heavy atom. The predicted octanol–water partition coefficient (Wildman–Crippen LogP) is 2.51. The Hall–Kier alpha value is -1.89. The van der Waals surface area contributed by atoms with Crippen LogP contribution in [0.1, 0.15) is 11.5 Å². The summed E-state index contributed by atoms with van der Waals surface area (Å²) in [7, 11) is 0. The molecule has 1 N–H and O–H groups in total. The lowest BCUT2D eigenvalue weighted by molar-refractivity contribution is -0.204. The van der Waals surface area contributed by atoms with Crippen molar-refractivity contribution in [1.82, 2.24) is 10.1 Å². The largest absolute Gasteiger partial charge is 0.414 e. The standard InChI is InChI=1S/C12H11F3N2O2/c1-7-3-2-4-8(5-7)11-16-10(19-17-11)6-9(18)12(13,14)15/h2-5,9,18H,6H2,1H3. The first-order valence-corrected chi connectivity index (χ1v) is 5.50. The van der Waals surface area contributed by atoms with E-state index in [0.29, 0.717) is 5.56 Å². The molecule has 2 aromatic rings. The summed E-state index contributed by atoms with van der Waals surface area (Å²) in [6.45, 7) is 1.87. The third-order valence-corrected chi connectivity index (χ3v) is 2.49. The van der Waals surface area contributed by atoms with Crippen LogP contribution in [0.15, 0.2) is 28.8 Å². The Labute approximate surface area is 106 Å². The molecule has 1 unspecified atom stereocenters. The van der Waals surface area contributed by atoms with Crippen molar-refractivity contribution in [3.05, 3.63) is 35.7 Å². The molecule has 1 aromatic heterocycles. The van der Waals surface area contributed by atoms with Crippen molar-refractivity contribution in [3.8, 4) is 11.4 Å². The van der Waals surface area contributed by atoms with Crippen LogP contribution >= 0.6 is 0 Å². The van der Waals surface area contributed by atoms with Crippen molar-refractivity contribution in [2.75, 3.05) is 0 Å². The van der Waals surface area contributed by atoms with Crippen LogP contribution < -0.4 is 0 Å². The number of hydrogen-bond acceptors (Lipinski definition) is 4. The van der Waals surface area contributed by atoms with Gasteiger partial charge in [0.1, 0.15) is 0 Å². The normalized spacial score (nSPS) is 13.5. The first kappa shape index (κ1) is 13.5. The van der Waals surface area contributed by atoms with Crippen LogP contribution in [-0.2, 0) is 6.42 Å². The van der Waals surface area contributed by atoms with Gasteiger partial charge in [-0.05, 0) is 13.0 Å². The second-order valence-corrected chi connectivity index (χ2v) is 4.14. The number of nitrogens with zero attached hydrogens (tertiary/aromatic N) is 2. The highest BCUT2D eigenvalue weighted by Crippen LogP contribution is 2.23. The molecule has 0 fully saturated rings. The van der Waals surface area contributed by atoms with Gasteiger partial charge in [-0.1, -0.05) is 28.9 Å². The van der Waals surface area contributed by atoms with Gasteiger partial charge in [-0.2, -0.15) is 18.2 Å². The van der Waals surface area contributed by atoms with Crippen LogP contribution in [0.5, 0.6) is 0 Å². The van der Waals surface area contributed by atoms with Gasteiger partial charge in [0.15, 0.2) is 6.10 Å². The van der Waals surface area contributed by atoms with E-state index in [-0.39, 0.29) is 11.7 Å². The molecule has 0 saturated carbocycles. The molecule has 0 amide bonds. The smallest absolute Gasteiger partial charge is 0.383 e. The van der Waals surface area contributed by atoms with Crippen molar-refractivity contribution in [1.29, 1.82) is 0 Å². The molecule has 7 heteroatoms. The molecule has 0 spiro atoms. The number of rotatable bonds is 3. The third-order valence-electron chi connectivity index (χ3n) is 2.49. The Kier molecular flexibility index (Phi) is 3.57. The molecule has 19 heavy (non-hydrogen) atoms. The van der Waals surface area contributed by atoms with Gasteiger partial charge >= 0.3 is 6.18 Å². The minimum Gasteiger partial charge on any atom is -0.383 e. The SMILES string of the molecule is Cc1cccc(-c2noc(CC(O)C(F)(F)F)n2)c1. The monoisotopic (exact) mass is 272 g/mol. The highest BCUT2D eigenvalue weighted by Gasteiger charge is 2.39. The zero-order chi connectivity index (χ0) is 14.0. The van der Waals surface area contributed by atoms with E-state index in [1.807, 2.05) is 13.0 Å². The highest BCUT2D eigenvalue weighted by atomic mass is 19.4. The molecule has 1 atom stereocenters. The van der Waals surface area contributed by atoms with Crippen molar-refractivity contribution >= 4 is 0 Å². The fraction of sp³-hybridized carbons (Fsp3) is 0.333. The maximum absolute atomic E-state index is 12.2. The van der Waals surface area contributed by atoms with Crippen LogP contribution in [-0.4, -0.2) is 27.5 Å². The van der Waals surface area contributed by atoms with E-state index in [2.05, 4.69) is 10.1 Å². The summed E-state index contributed by atoms with van der Waals surface area (Å²) in [4.78, 5) is 3.84. The summed E-state index contributed by atoms with van der Waals surface area (Å²) in [6.07, 6.45) is -7.95. The van der Waals surface area contributed by atoms with E-state index in [1.165, 1.54) is 0 Å². The van der Waals surface area contributed by atoms with Crippen LogP contribution in [0.3, 0.4) is 0 Å². The van der Waals surface area contributed by atoms with Gasteiger partial charge in [-0.3, -0.25) is 0 Å². The summed E-state index contributed by atoms with van der Waals surface area (Å²) in [5, 5.41) is 12.5. The first-order valence-electron chi connectivity index (χ1n) is 5.50. The van der Waals surface area contributed by atoms with Crippen molar-refractivity contribution in [3.63, 3.8) is 0 Å². The fourth-order valence-corrected chi connectivity index (χ4v) is 1.52. The molecular weight excluding hydrogens is 261 g/mol. The van der Waals surface area contributed by atoms with Crippen molar-refractivity contribution < 1.29 is 22.8 Å². The summed E-state index contributed by atoms with van der Waals surface area (Å²) >= 11 is 0. The van der Waals surface area contributed by atoms with Gasteiger partial charge in [0, 0.05) is 5.56 Å². The second kappa shape index (κ2) is 5.00. The number of aliphatic hydroxyl groups excluding tert-OH is 1. The molecule has 0 aliphatic rings. The number of aryl methyl sites for hydroxylation is 1. The topological polar surface area (TPSA) is 59.2 Å². The van der Waals surface area contributed by atoms with Gasteiger partial charge in [0.05, 0.1) is 6.42 Å². The van der Waals surface area contributed by atoms with Crippen LogP contribution in [0, 0.1) is 6.92 Å². The molecule has 0 aliphatic carbocycles. The Balaban J connectivity index is 2.16. The van der Waals surface area contributed by atoms with Crippen LogP contribution in [0.2, 0.25) is 0 Å². The van der Waals surface area contributed by atoms with Gasteiger partial charge in [0.25, 0.3) is 0 Å². The number of benzene rings is 1. The molecular formula is C12H11F3N2O2. The van der Waals surface area contributed by atoms with Crippen molar-refractivity contribution in [2.24, 2.45) is 0 Å². The number of alkyl halides is 3. The molecule has 4 nitrogen and oxygen atoms in total. The lowest BCUT2D eigenvalue weighted by atomic mass is 10.1. The molecule has 102 valence electrons. The fourth-order valence-electron chi connectivity index (χ4n) is 1.52. The number of halogens is 3. The number of aromatic nitrogens is 2. The summed E-state index contributed by atoms with van der Waals surface area (Å²) in [5.41, 5.74) is 1.62. The van der Waals surface area contributed by atoms with E-state index in [9.17, 15) is 13.2 Å². The Morgan fingerprint density at radius 3 is 2.74 bits per heavy atom. The van der Waals surface area contributed by atoms with Crippen molar-refractivity contribution in [2.45, 2.75) is 25.6 Å². The van der Waals surface area contributed by atoms with Gasteiger partial charge in [-0.15, -0.1) is 0 Å². The van der Waals surface area contributed by atoms with Crippen LogP contribution in [0.4, 0.5) is 13.2 Å². The van der Waals surface area contributed by atoms with Gasteiger partial charge in [0.2, 0.25) is 11.7 Å². The average Bonchev–Trinajstić information content (AvgIpc) is 2.76. The van der Waals surface area contributed by atoms with Crippen LogP contribution in [0.25, 0.3) is 11.4 Å². The molecule has 0 aliphatic heterocycles. The molecule has 2 rings (SSSR count). The second-order valence-electron chi connectivity index (χ2n) is 4.14. The minimum atomic E-state index is -4.70. The lowest BCUT2D eigenvalue weighted by Gasteiger charge is -2.11. The minimum absolute atomic E-state index is 0.202. The molecule has 0 bridgehead atoms. The molecule has 1 heterocycles. The quantitative estimate of drug-likeness (QED) is 0.932. The zero-order valence-electron chi connectivity index (χ0n) is 9.98. The zero-order valence-corrected chi connectivity index (χ0v) is 9.98. The molecule has 1 aromatic carbocycles. The van der Waals surface area contributed by atoms with Gasteiger partial charge < -0.3 is 9.63 Å². The number of hydrogen-bond donors (Lipinski definition) is 1. The van der Waals surface area contributed by atoms with E-state index in [1.54, 1.807) is 18.2 Å². The summed E-state index contributed by atoms with van der Waals surface area (Å²) in [6, 6.07) is 7.17. The van der Waals surface area contributed by atoms with E-state index >= 15 is 0 Å². The van der Waals surface area contributed by atoms with E-state index < -0.39 is 18.7 Å². The Bertz CT molecular complexity index is 566. The first-order chi connectivity index (χ1) is 8.86. The lowest BCUT2D eigenvalue weighted by Crippen LogP contribution is -2.30. The Morgan fingerprint density at radius 2 is 2.11 bits per heavy atom. The maximum Gasteiger partial charge on any atom is 0.414 e. The summed E-state index contributed by atoms with van der Waals surface area (Å²) in [5.74, 6) is -0.0468. The van der Waals surface area contributed by atoms with Gasteiger partial charge in [-0.25, -0.2) is 0 Å². The highest BCUT2D eigenvalue weighted by molar-refractivity contribution is 5.55.